The number of benzene rings is 2. The number of ether oxygens (including phenoxy) is 3. The van der Waals surface area contributed by atoms with Crippen LogP contribution >= 0.6 is 0 Å². The summed E-state index contributed by atoms with van der Waals surface area (Å²) in [5.41, 5.74) is 5.23. The maximum atomic E-state index is 11.0. The lowest BCUT2D eigenvalue weighted by Gasteiger charge is -2.17. The van der Waals surface area contributed by atoms with Gasteiger partial charge in [0.15, 0.2) is 0 Å². The number of nitrogens with zero attached hydrogens (tertiary/aromatic N) is 1. The molecule has 2 aromatic carbocycles. The molecule has 1 aliphatic heterocycles. The summed E-state index contributed by atoms with van der Waals surface area (Å²) in [5, 5.41) is 9.05. The Kier molecular flexibility index (Phi) is 5.89. The van der Waals surface area contributed by atoms with E-state index in [0.717, 1.165) is 34.0 Å². The standard InChI is InChI=1S/C25H27NO5/c1-4-29-23-10-7-18(11-22(23)26-16(2)5-6-17(26)3)14-30-20-8-9-21-19(12-25(27)28)15-31-24(21)13-20/h5-11,13,19H,4,12,14-15H2,1-3H3,(H,27,28). The van der Waals surface area contributed by atoms with Crippen molar-refractivity contribution < 1.29 is 24.1 Å². The van der Waals surface area contributed by atoms with Gasteiger partial charge in [-0.05, 0) is 56.7 Å². The fourth-order valence-corrected chi connectivity index (χ4v) is 4.05. The molecule has 0 spiro atoms. The van der Waals surface area contributed by atoms with Crippen LogP contribution in [0.3, 0.4) is 0 Å². The number of fused-ring (bicyclic) bond motifs is 1. The lowest BCUT2D eigenvalue weighted by molar-refractivity contribution is -0.137. The average molecular weight is 421 g/mol. The smallest absolute Gasteiger partial charge is 0.304 e. The molecule has 0 fully saturated rings. The van der Waals surface area contributed by atoms with Crippen LogP contribution in [0, 0.1) is 13.8 Å². The lowest BCUT2D eigenvalue weighted by Crippen LogP contribution is -2.07. The predicted octanol–water partition coefficient (Wildman–Crippen LogP) is 5.02. The van der Waals surface area contributed by atoms with Crippen molar-refractivity contribution in [2.75, 3.05) is 13.2 Å². The van der Waals surface area contributed by atoms with Crippen LogP contribution < -0.4 is 14.2 Å². The van der Waals surface area contributed by atoms with Gasteiger partial charge in [0.05, 0.1) is 25.3 Å². The molecule has 0 saturated carbocycles. The second kappa shape index (κ2) is 8.76. The molecule has 1 atom stereocenters. The van der Waals surface area contributed by atoms with Gasteiger partial charge in [0, 0.05) is 28.9 Å². The molecule has 162 valence electrons. The molecule has 0 amide bonds. The van der Waals surface area contributed by atoms with Crippen LogP contribution in [0.15, 0.2) is 48.5 Å². The van der Waals surface area contributed by atoms with Gasteiger partial charge in [0.1, 0.15) is 23.9 Å². The highest BCUT2D eigenvalue weighted by Gasteiger charge is 2.26. The molecule has 2 heterocycles. The van der Waals surface area contributed by atoms with Gasteiger partial charge < -0.3 is 23.9 Å². The molecule has 0 saturated heterocycles. The topological polar surface area (TPSA) is 69.9 Å². The minimum absolute atomic E-state index is 0.0698. The Bertz CT molecular complexity index is 1080. The Morgan fingerprint density at radius 2 is 1.87 bits per heavy atom. The number of carboxylic acid groups (broad SMARTS) is 1. The van der Waals surface area contributed by atoms with Crippen molar-refractivity contribution in [1.82, 2.24) is 4.57 Å². The number of aliphatic carboxylic acids is 1. The van der Waals surface area contributed by atoms with Gasteiger partial charge in [0.25, 0.3) is 0 Å². The Morgan fingerprint density at radius 1 is 1.10 bits per heavy atom. The van der Waals surface area contributed by atoms with Crippen LogP contribution in [0.25, 0.3) is 5.69 Å². The Hall–Kier alpha value is -3.41. The predicted molar refractivity (Wildman–Crippen MR) is 118 cm³/mol. The summed E-state index contributed by atoms with van der Waals surface area (Å²) < 4.78 is 19.7. The van der Waals surface area contributed by atoms with Crippen molar-refractivity contribution in [3.05, 3.63) is 71.0 Å². The van der Waals surface area contributed by atoms with E-state index in [1.54, 1.807) is 0 Å². The molecule has 3 aromatic rings. The van der Waals surface area contributed by atoms with Crippen molar-refractivity contribution in [2.45, 2.75) is 39.7 Å². The number of aromatic nitrogens is 1. The molecular formula is C25H27NO5. The monoisotopic (exact) mass is 421 g/mol. The SMILES string of the molecule is CCOc1ccc(COc2ccc3c(c2)OCC3CC(=O)O)cc1-n1c(C)ccc1C. The quantitative estimate of drug-likeness (QED) is 0.553. The van der Waals surface area contributed by atoms with E-state index in [9.17, 15) is 4.79 Å². The number of aryl methyl sites for hydroxylation is 2. The Morgan fingerprint density at radius 3 is 2.58 bits per heavy atom. The van der Waals surface area contributed by atoms with Crippen LogP contribution in [0.4, 0.5) is 0 Å². The third-order valence-corrected chi connectivity index (χ3v) is 5.53. The Balaban J connectivity index is 1.53. The van der Waals surface area contributed by atoms with Crippen molar-refractivity contribution in [3.63, 3.8) is 0 Å². The highest BCUT2D eigenvalue weighted by molar-refractivity contribution is 5.68. The molecule has 1 aromatic heterocycles. The Labute approximate surface area is 182 Å². The first kappa shape index (κ1) is 20.8. The third kappa shape index (κ3) is 4.38. The maximum Gasteiger partial charge on any atom is 0.304 e. The molecule has 4 rings (SSSR count). The number of rotatable bonds is 8. The van der Waals surface area contributed by atoms with Gasteiger partial charge in [-0.15, -0.1) is 0 Å². The highest BCUT2D eigenvalue weighted by atomic mass is 16.5. The molecule has 31 heavy (non-hydrogen) atoms. The summed E-state index contributed by atoms with van der Waals surface area (Å²) in [6.45, 7) is 7.52. The summed E-state index contributed by atoms with van der Waals surface area (Å²) in [6, 6.07) is 15.9. The van der Waals surface area contributed by atoms with Crippen LogP contribution in [0.2, 0.25) is 0 Å². The molecule has 0 bridgehead atoms. The molecule has 1 unspecified atom stereocenters. The van der Waals surface area contributed by atoms with E-state index < -0.39 is 5.97 Å². The molecule has 0 radical (unpaired) electrons. The molecule has 6 nitrogen and oxygen atoms in total. The average Bonchev–Trinajstić information content (AvgIpc) is 3.29. The largest absolute Gasteiger partial charge is 0.492 e. The molecule has 1 N–H and O–H groups in total. The number of hydrogen-bond acceptors (Lipinski definition) is 4. The second-order valence-corrected chi connectivity index (χ2v) is 7.78. The fraction of sp³-hybridized carbons (Fsp3) is 0.320. The van der Waals surface area contributed by atoms with E-state index in [4.69, 9.17) is 19.3 Å². The van der Waals surface area contributed by atoms with Gasteiger partial charge >= 0.3 is 5.97 Å². The third-order valence-electron chi connectivity index (χ3n) is 5.53. The second-order valence-electron chi connectivity index (χ2n) is 7.78. The van der Waals surface area contributed by atoms with E-state index in [1.807, 2.05) is 37.3 Å². The van der Waals surface area contributed by atoms with Crippen LogP contribution in [0.1, 0.15) is 41.8 Å². The van der Waals surface area contributed by atoms with E-state index >= 15 is 0 Å². The van der Waals surface area contributed by atoms with E-state index in [0.29, 0.717) is 31.3 Å². The minimum Gasteiger partial charge on any atom is -0.492 e. The van der Waals surface area contributed by atoms with E-state index in [2.05, 4.69) is 36.6 Å². The zero-order valence-electron chi connectivity index (χ0n) is 18.1. The molecule has 1 aliphatic rings. The molecule has 0 aliphatic carbocycles. The van der Waals surface area contributed by atoms with Crippen molar-refractivity contribution in [1.29, 1.82) is 0 Å². The van der Waals surface area contributed by atoms with Gasteiger partial charge in [-0.3, -0.25) is 4.79 Å². The summed E-state index contributed by atoms with van der Waals surface area (Å²) in [6.07, 6.45) is 0.0698. The van der Waals surface area contributed by atoms with Gasteiger partial charge in [0.2, 0.25) is 0 Å². The van der Waals surface area contributed by atoms with Gasteiger partial charge in [-0.2, -0.15) is 0 Å². The summed E-state index contributed by atoms with van der Waals surface area (Å²) in [4.78, 5) is 11.0. The summed E-state index contributed by atoms with van der Waals surface area (Å²) in [5.74, 6) is 1.31. The van der Waals surface area contributed by atoms with E-state index in [-0.39, 0.29) is 12.3 Å². The lowest BCUT2D eigenvalue weighted by atomic mass is 9.98. The first-order valence-electron chi connectivity index (χ1n) is 10.5. The fourth-order valence-electron chi connectivity index (χ4n) is 4.05. The van der Waals surface area contributed by atoms with Crippen molar-refractivity contribution >= 4 is 5.97 Å². The number of hydrogen-bond donors (Lipinski definition) is 1. The van der Waals surface area contributed by atoms with Crippen molar-refractivity contribution in [3.8, 4) is 22.9 Å². The molecule has 6 heteroatoms. The van der Waals surface area contributed by atoms with Crippen LogP contribution in [0.5, 0.6) is 17.2 Å². The first-order valence-corrected chi connectivity index (χ1v) is 10.5. The maximum absolute atomic E-state index is 11.0. The number of carbonyl (C=O) groups is 1. The molecular weight excluding hydrogens is 394 g/mol. The normalized spacial score (nSPS) is 14.7. The zero-order chi connectivity index (χ0) is 22.0. The zero-order valence-corrected chi connectivity index (χ0v) is 18.1. The minimum atomic E-state index is -0.818. The van der Waals surface area contributed by atoms with E-state index in [1.165, 1.54) is 0 Å². The van der Waals surface area contributed by atoms with Gasteiger partial charge in [-0.25, -0.2) is 0 Å². The van der Waals surface area contributed by atoms with Crippen LogP contribution in [-0.2, 0) is 11.4 Å². The van der Waals surface area contributed by atoms with Crippen LogP contribution in [-0.4, -0.2) is 28.9 Å². The number of carboxylic acids is 1. The van der Waals surface area contributed by atoms with Gasteiger partial charge in [-0.1, -0.05) is 12.1 Å². The van der Waals surface area contributed by atoms with Crippen molar-refractivity contribution in [2.24, 2.45) is 0 Å². The first-order chi connectivity index (χ1) is 15.0. The summed E-state index contributed by atoms with van der Waals surface area (Å²) >= 11 is 0. The summed E-state index contributed by atoms with van der Waals surface area (Å²) in [7, 11) is 0. The highest BCUT2D eigenvalue weighted by Crippen LogP contribution is 2.38.